The number of thiazole rings is 1. The Kier molecular flexibility index (Phi) is 3.30. The van der Waals surface area contributed by atoms with E-state index in [9.17, 15) is 4.79 Å². The second kappa shape index (κ2) is 4.96. The highest BCUT2D eigenvalue weighted by Crippen LogP contribution is 2.32. The number of hydrogen-bond donors (Lipinski definition) is 2. The molecule has 3 rings (SSSR count). The molecule has 0 bridgehead atoms. The SMILES string of the molecule is O=C(Nc1c(Cl)ccc2scnc12)c1cc(Br)c[nH]1. The van der Waals surface area contributed by atoms with Crippen LogP contribution in [0.2, 0.25) is 5.02 Å². The van der Waals surface area contributed by atoms with Gasteiger partial charge in [0, 0.05) is 10.7 Å². The molecule has 1 amide bonds. The lowest BCUT2D eigenvalue weighted by Crippen LogP contribution is -2.12. The monoisotopic (exact) mass is 355 g/mol. The van der Waals surface area contributed by atoms with Crippen molar-refractivity contribution in [3.63, 3.8) is 0 Å². The first kappa shape index (κ1) is 12.7. The van der Waals surface area contributed by atoms with E-state index < -0.39 is 0 Å². The minimum absolute atomic E-state index is 0.256. The number of hydrogen-bond acceptors (Lipinski definition) is 3. The molecule has 0 aliphatic heterocycles. The van der Waals surface area contributed by atoms with Gasteiger partial charge in [-0.3, -0.25) is 4.79 Å². The largest absolute Gasteiger partial charge is 0.356 e. The number of carbonyl (C=O) groups excluding carboxylic acids is 1. The summed E-state index contributed by atoms with van der Waals surface area (Å²) in [6, 6.07) is 5.34. The van der Waals surface area contributed by atoms with Crippen LogP contribution >= 0.6 is 38.9 Å². The topological polar surface area (TPSA) is 57.8 Å². The van der Waals surface area contributed by atoms with Crippen LogP contribution in [0.3, 0.4) is 0 Å². The first-order valence-corrected chi connectivity index (χ1v) is 7.37. The summed E-state index contributed by atoms with van der Waals surface area (Å²) in [5.41, 5.74) is 3.42. The van der Waals surface area contributed by atoms with Crippen LogP contribution in [0.15, 0.2) is 34.4 Å². The quantitative estimate of drug-likeness (QED) is 0.719. The molecule has 0 fully saturated rings. The second-order valence-electron chi connectivity index (χ2n) is 3.81. The number of amides is 1. The van der Waals surface area contributed by atoms with E-state index in [0.29, 0.717) is 21.9 Å². The predicted octanol–water partition coefficient (Wildman–Crippen LogP) is 4.29. The third-order valence-corrected chi connectivity index (χ3v) is 4.15. The Morgan fingerprint density at radius 2 is 2.32 bits per heavy atom. The van der Waals surface area contributed by atoms with Crippen LogP contribution in [0, 0.1) is 0 Å². The van der Waals surface area contributed by atoms with E-state index in [1.807, 2.05) is 6.07 Å². The number of rotatable bonds is 2. The highest BCUT2D eigenvalue weighted by atomic mass is 79.9. The Balaban J connectivity index is 1.99. The standard InChI is InChI=1S/C12H7BrClN3OS/c13-6-3-8(15-4-6)12(18)17-10-7(14)1-2-9-11(10)16-5-19-9/h1-5,15H,(H,17,18). The summed E-state index contributed by atoms with van der Waals surface area (Å²) in [6.07, 6.45) is 1.69. The van der Waals surface area contributed by atoms with Gasteiger partial charge in [0.15, 0.2) is 0 Å². The number of aromatic amines is 1. The zero-order valence-electron chi connectivity index (χ0n) is 9.41. The molecule has 0 aliphatic carbocycles. The van der Waals surface area contributed by atoms with E-state index in [4.69, 9.17) is 11.6 Å². The van der Waals surface area contributed by atoms with Gasteiger partial charge < -0.3 is 10.3 Å². The van der Waals surface area contributed by atoms with Gasteiger partial charge in [-0.25, -0.2) is 4.98 Å². The molecule has 0 atom stereocenters. The van der Waals surface area contributed by atoms with E-state index >= 15 is 0 Å². The molecule has 96 valence electrons. The molecule has 0 unspecified atom stereocenters. The summed E-state index contributed by atoms with van der Waals surface area (Å²) >= 11 is 10.9. The van der Waals surface area contributed by atoms with Gasteiger partial charge in [-0.2, -0.15) is 0 Å². The fraction of sp³-hybridized carbons (Fsp3) is 0. The van der Waals surface area contributed by atoms with Crippen LogP contribution < -0.4 is 5.32 Å². The maximum atomic E-state index is 12.1. The average molecular weight is 357 g/mol. The maximum Gasteiger partial charge on any atom is 0.272 e. The number of benzene rings is 1. The number of halogens is 2. The third-order valence-electron chi connectivity index (χ3n) is 2.58. The van der Waals surface area contributed by atoms with E-state index in [0.717, 1.165) is 9.17 Å². The molecule has 0 radical (unpaired) electrons. The van der Waals surface area contributed by atoms with Crippen LogP contribution in [0.5, 0.6) is 0 Å². The lowest BCUT2D eigenvalue weighted by atomic mass is 10.2. The van der Waals surface area contributed by atoms with Gasteiger partial charge in [0.05, 0.1) is 20.9 Å². The molecule has 19 heavy (non-hydrogen) atoms. The van der Waals surface area contributed by atoms with Crippen molar-refractivity contribution in [1.82, 2.24) is 9.97 Å². The second-order valence-corrected chi connectivity index (χ2v) is 6.02. The minimum Gasteiger partial charge on any atom is -0.356 e. The molecule has 1 aromatic carbocycles. The van der Waals surface area contributed by atoms with Crippen LogP contribution in [-0.4, -0.2) is 15.9 Å². The Morgan fingerprint density at radius 3 is 3.05 bits per heavy atom. The zero-order valence-corrected chi connectivity index (χ0v) is 12.6. The molecule has 2 heterocycles. The van der Waals surface area contributed by atoms with Crippen molar-refractivity contribution in [2.24, 2.45) is 0 Å². The third kappa shape index (κ3) is 2.39. The molecular formula is C12H7BrClN3OS. The number of fused-ring (bicyclic) bond motifs is 1. The number of carbonyl (C=O) groups is 1. The highest BCUT2D eigenvalue weighted by molar-refractivity contribution is 9.10. The smallest absolute Gasteiger partial charge is 0.272 e. The molecule has 0 saturated heterocycles. The van der Waals surface area contributed by atoms with Crippen molar-refractivity contribution >= 4 is 60.7 Å². The van der Waals surface area contributed by atoms with Crippen molar-refractivity contribution in [3.05, 3.63) is 45.1 Å². The molecular weight excluding hydrogens is 350 g/mol. The summed E-state index contributed by atoms with van der Waals surface area (Å²) < 4.78 is 1.79. The Bertz CT molecular complexity index is 767. The van der Waals surface area contributed by atoms with Gasteiger partial charge in [-0.05, 0) is 34.1 Å². The zero-order chi connectivity index (χ0) is 13.4. The molecule has 0 saturated carbocycles. The fourth-order valence-electron chi connectivity index (χ4n) is 1.71. The molecule has 4 nitrogen and oxygen atoms in total. The van der Waals surface area contributed by atoms with Crippen molar-refractivity contribution in [2.45, 2.75) is 0 Å². The van der Waals surface area contributed by atoms with Crippen LogP contribution in [0.25, 0.3) is 10.2 Å². The van der Waals surface area contributed by atoms with E-state index in [1.54, 1.807) is 23.8 Å². The lowest BCUT2D eigenvalue weighted by Gasteiger charge is -2.06. The first-order valence-electron chi connectivity index (χ1n) is 5.32. The van der Waals surface area contributed by atoms with Gasteiger partial charge in [0.1, 0.15) is 11.2 Å². The summed E-state index contributed by atoms with van der Waals surface area (Å²) in [5, 5.41) is 3.26. The van der Waals surface area contributed by atoms with Gasteiger partial charge in [-0.15, -0.1) is 11.3 Å². The average Bonchev–Trinajstić information content (AvgIpc) is 3.01. The Morgan fingerprint density at radius 1 is 1.47 bits per heavy atom. The molecule has 0 aliphatic rings. The van der Waals surface area contributed by atoms with Gasteiger partial charge in [0.25, 0.3) is 5.91 Å². The van der Waals surface area contributed by atoms with Crippen LogP contribution in [0.1, 0.15) is 10.5 Å². The first-order chi connectivity index (χ1) is 9.15. The summed E-state index contributed by atoms with van der Waals surface area (Å²) in [7, 11) is 0. The minimum atomic E-state index is -0.256. The number of H-pyrrole nitrogens is 1. The number of nitrogens with zero attached hydrogens (tertiary/aromatic N) is 1. The predicted molar refractivity (Wildman–Crippen MR) is 81.1 cm³/mol. The van der Waals surface area contributed by atoms with Gasteiger partial charge >= 0.3 is 0 Å². The van der Waals surface area contributed by atoms with Crippen molar-refractivity contribution in [2.75, 3.05) is 5.32 Å². The fourth-order valence-corrected chi connectivity index (χ4v) is 2.93. The number of anilines is 1. The maximum absolute atomic E-state index is 12.1. The Labute approximate surface area is 125 Å². The summed E-state index contributed by atoms with van der Waals surface area (Å²) in [4.78, 5) is 19.2. The number of nitrogens with one attached hydrogen (secondary N) is 2. The summed E-state index contributed by atoms with van der Waals surface area (Å²) in [6.45, 7) is 0. The van der Waals surface area contributed by atoms with Crippen molar-refractivity contribution in [1.29, 1.82) is 0 Å². The van der Waals surface area contributed by atoms with E-state index in [1.165, 1.54) is 11.3 Å². The van der Waals surface area contributed by atoms with Gasteiger partial charge in [0.2, 0.25) is 0 Å². The van der Waals surface area contributed by atoms with Crippen molar-refractivity contribution < 1.29 is 4.79 Å². The molecule has 3 aromatic rings. The number of aromatic nitrogens is 2. The highest BCUT2D eigenvalue weighted by Gasteiger charge is 2.14. The van der Waals surface area contributed by atoms with Crippen LogP contribution in [0.4, 0.5) is 5.69 Å². The molecule has 2 N–H and O–H groups in total. The molecule has 2 aromatic heterocycles. The normalized spacial score (nSPS) is 10.8. The van der Waals surface area contributed by atoms with Crippen LogP contribution in [-0.2, 0) is 0 Å². The molecule has 0 spiro atoms. The van der Waals surface area contributed by atoms with E-state index in [2.05, 4.69) is 31.2 Å². The molecule has 7 heteroatoms. The Hall–Kier alpha value is -1.37. The summed E-state index contributed by atoms with van der Waals surface area (Å²) in [5.74, 6) is -0.256. The van der Waals surface area contributed by atoms with Crippen molar-refractivity contribution in [3.8, 4) is 0 Å². The van der Waals surface area contributed by atoms with E-state index in [-0.39, 0.29) is 5.91 Å². The lowest BCUT2D eigenvalue weighted by molar-refractivity contribution is 0.102. The van der Waals surface area contributed by atoms with Gasteiger partial charge in [-0.1, -0.05) is 11.6 Å².